The zero-order valence-electron chi connectivity index (χ0n) is 9.52. The van der Waals surface area contributed by atoms with Crippen molar-refractivity contribution < 1.29 is 13.2 Å². The number of hydrogen-bond acceptors (Lipinski definition) is 4. The molecule has 1 N–H and O–H groups in total. The van der Waals surface area contributed by atoms with E-state index < -0.39 is 10.0 Å². The first-order valence-corrected chi connectivity index (χ1v) is 7.56. The molecule has 1 atom stereocenters. The lowest BCUT2D eigenvalue weighted by atomic mass is 10.0. The van der Waals surface area contributed by atoms with Crippen LogP contribution in [0.5, 0.6) is 0 Å². The Morgan fingerprint density at radius 3 is 2.69 bits per heavy atom. The number of nitrogens with one attached hydrogen (secondary N) is 1. The highest BCUT2D eigenvalue weighted by Gasteiger charge is 2.28. The van der Waals surface area contributed by atoms with Gasteiger partial charge in [-0.25, -0.2) is 8.42 Å². The van der Waals surface area contributed by atoms with E-state index in [9.17, 15) is 8.42 Å². The molecule has 2 aliphatic rings. The van der Waals surface area contributed by atoms with Crippen molar-refractivity contribution in [2.45, 2.75) is 12.8 Å². The average molecular weight is 248 g/mol. The molecule has 16 heavy (non-hydrogen) atoms. The second-order valence-electron chi connectivity index (χ2n) is 4.50. The fraction of sp³-hybridized carbons (Fsp3) is 1.00. The summed E-state index contributed by atoms with van der Waals surface area (Å²) in [5, 5.41) is 3.25. The lowest BCUT2D eigenvalue weighted by Crippen LogP contribution is -2.44. The summed E-state index contributed by atoms with van der Waals surface area (Å²) in [7, 11) is -3.07. The molecule has 2 saturated heterocycles. The van der Waals surface area contributed by atoms with E-state index >= 15 is 0 Å². The number of hydrogen-bond donors (Lipinski definition) is 1. The van der Waals surface area contributed by atoms with Crippen LogP contribution in [0, 0.1) is 5.92 Å². The Bertz CT molecular complexity index is 306. The Balaban J connectivity index is 1.90. The molecule has 2 heterocycles. The molecule has 94 valence electrons. The van der Waals surface area contributed by atoms with Gasteiger partial charge in [0.15, 0.2) is 0 Å². The van der Waals surface area contributed by atoms with Crippen LogP contribution < -0.4 is 5.32 Å². The van der Waals surface area contributed by atoms with Crippen molar-refractivity contribution in [1.82, 2.24) is 9.62 Å². The molecule has 0 aliphatic carbocycles. The van der Waals surface area contributed by atoms with Crippen molar-refractivity contribution in [3.63, 3.8) is 0 Å². The summed E-state index contributed by atoms with van der Waals surface area (Å²) < 4.78 is 30.9. The van der Waals surface area contributed by atoms with Crippen LogP contribution in [0.1, 0.15) is 12.8 Å². The van der Waals surface area contributed by atoms with E-state index in [2.05, 4.69) is 5.32 Å². The molecule has 0 saturated carbocycles. The molecule has 5 nitrogen and oxygen atoms in total. The summed E-state index contributed by atoms with van der Waals surface area (Å²) in [6.45, 7) is 3.95. The minimum absolute atomic E-state index is 0.279. The second kappa shape index (κ2) is 5.44. The molecular formula is C10H20N2O3S. The van der Waals surface area contributed by atoms with Gasteiger partial charge in [-0.3, -0.25) is 0 Å². The van der Waals surface area contributed by atoms with E-state index in [-0.39, 0.29) is 5.92 Å². The molecule has 0 aromatic rings. The lowest BCUT2D eigenvalue weighted by Gasteiger charge is -2.29. The highest BCUT2D eigenvalue weighted by molar-refractivity contribution is 7.89. The number of sulfonamides is 1. The minimum atomic E-state index is -3.07. The van der Waals surface area contributed by atoms with E-state index in [0.717, 1.165) is 25.9 Å². The van der Waals surface area contributed by atoms with Gasteiger partial charge in [0.05, 0.1) is 19.0 Å². The van der Waals surface area contributed by atoms with Gasteiger partial charge in [0.1, 0.15) is 0 Å². The summed E-state index contributed by atoms with van der Waals surface area (Å²) in [6.07, 6.45) is 2.11. The van der Waals surface area contributed by atoms with Gasteiger partial charge < -0.3 is 10.1 Å². The molecule has 2 fully saturated rings. The summed E-state index contributed by atoms with van der Waals surface area (Å²) in [5.41, 5.74) is 0. The molecule has 0 aromatic carbocycles. The summed E-state index contributed by atoms with van der Waals surface area (Å²) in [4.78, 5) is 0. The number of ether oxygens (including phenoxy) is 1. The van der Waals surface area contributed by atoms with Crippen molar-refractivity contribution in [3.8, 4) is 0 Å². The number of nitrogens with zero attached hydrogens (tertiary/aromatic N) is 1. The van der Waals surface area contributed by atoms with Crippen LogP contribution in [0.25, 0.3) is 0 Å². The molecule has 6 heteroatoms. The van der Waals surface area contributed by atoms with Gasteiger partial charge in [-0.15, -0.1) is 0 Å². The standard InChI is InChI=1S/C10H20N2O3S/c13-16(14,12-4-6-15-7-5-12)9-10-2-1-3-11-8-10/h10-11H,1-9H2/t10-/m0/s1. The zero-order valence-corrected chi connectivity index (χ0v) is 10.3. The first-order chi connectivity index (χ1) is 7.68. The first kappa shape index (κ1) is 12.3. The fourth-order valence-corrected chi connectivity index (χ4v) is 4.09. The van der Waals surface area contributed by atoms with Gasteiger partial charge in [-0.1, -0.05) is 0 Å². The maximum atomic E-state index is 12.1. The first-order valence-electron chi connectivity index (χ1n) is 5.95. The van der Waals surface area contributed by atoms with Crippen LogP contribution in [0.3, 0.4) is 0 Å². The fourth-order valence-electron chi connectivity index (χ4n) is 2.29. The molecule has 0 spiro atoms. The zero-order chi connectivity index (χ0) is 11.4. The van der Waals surface area contributed by atoms with Crippen LogP contribution in [-0.2, 0) is 14.8 Å². The predicted molar refractivity (Wildman–Crippen MR) is 61.8 cm³/mol. The Morgan fingerprint density at radius 1 is 1.31 bits per heavy atom. The smallest absolute Gasteiger partial charge is 0.214 e. The summed E-state index contributed by atoms with van der Waals surface area (Å²) >= 11 is 0. The van der Waals surface area contributed by atoms with E-state index in [0.29, 0.717) is 32.1 Å². The Hall–Kier alpha value is -0.170. The largest absolute Gasteiger partial charge is 0.379 e. The third-order valence-electron chi connectivity index (χ3n) is 3.21. The van der Waals surface area contributed by atoms with Crippen molar-refractivity contribution >= 4 is 10.0 Å². The van der Waals surface area contributed by atoms with Gasteiger partial charge in [0.25, 0.3) is 0 Å². The Labute approximate surface area is 97.2 Å². The summed E-state index contributed by atoms with van der Waals surface area (Å²) in [6, 6.07) is 0. The molecule has 2 aliphatic heterocycles. The van der Waals surface area contributed by atoms with Crippen molar-refractivity contribution in [2.24, 2.45) is 5.92 Å². The lowest BCUT2D eigenvalue weighted by molar-refractivity contribution is 0.0728. The van der Waals surface area contributed by atoms with Gasteiger partial charge >= 0.3 is 0 Å². The minimum Gasteiger partial charge on any atom is -0.379 e. The topological polar surface area (TPSA) is 58.6 Å². The van der Waals surface area contributed by atoms with Gasteiger partial charge in [0.2, 0.25) is 10.0 Å². The molecule has 2 rings (SSSR count). The molecule has 0 aromatic heterocycles. The van der Waals surface area contributed by atoms with Gasteiger partial charge in [-0.05, 0) is 31.8 Å². The van der Waals surface area contributed by atoms with Crippen molar-refractivity contribution in [3.05, 3.63) is 0 Å². The highest BCUT2D eigenvalue weighted by atomic mass is 32.2. The number of piperidine rings is 1. The molecule has 0 bridgehead atoms. The number of rotatable bonds is 3. The average Bonchev–Trinajstić information content (AvgIpc) is 2.31. The molecule has 0 unspecified atom stereocenters. The quantitative estimate of drug-likeness (QED) is 0.741. The predicted octanol–water partition coefficient (Wildman–Crippen LogP) is -0.352. The number of morpholine rings is 1. The van der Waals surface area contributed by atoms with Crippen LogP contribution in [-0.4, -0.2) is 57.9 Å². The maximum Gasteiger partial charge on any atom is 0.214 e. The van der Waals surface area contributed by atoms with E-state index in [1.54, 1.807) is 4.31 Å². The van der Waals surface area contributed by atoms with Crippen LogP contribution in [0.4, 0.5) is 0 Å². The van der Waals surface area contributed by atoms with Crippen molar-refractivity contribution in [1.29, 1.82) is 0 Å². The molecule has 0 radical (unpaired) electrons. The monoisotopic (exact) mass is 248 g/mol. The van der Waals surface area contributed by atoms with Gasteiger partial charge in [-0.2, -0.15) is 4.31 Å². The van der Waals surface area contributed by atoms with Gasteiger partial charge in [0, 0.05) is 13.1 Å². The third kappa shape index (κ3) is 3.16. The Kier molecular flexibility index (Phi) is 4.18. The normalized spacial score (nSPS) is 29.1. The Morgan fingerprint density at radius 2 is 2.06 bits per heavy atom. The maximum absolute atomic E-state index is 12.1. The van der Waals surface area contributed by atoms with E-state index in [1.807, 2.05) is 0 Å². The highest BCUT2D eigenvalue weighted by Crippen LogP contribution is 2.15. The van der Waals surface area contributed by atoms with Crippen LogP contribution in [0.2, 0.25) is 0 Å². The SMILES string of the molecule is O=S(=O)(C[C@H]1CCCNC1)N1CCOCC1. The third-order valence-corrected chi connectivity index (χ3v) is 5.25. The molecular weight excluding hydrogens is 228 g/mol. The molecule has 0 amide bonds. The van der Waals surface area contributed by atoms with Crippen molar-refractivity contribution in [2.75, 3.05) is 45.1 Å². The van der Waals surface area contributed by atoms with Crippen LogP contribution in [0.15, 0.2) is 0 Å². The summed E-state index contributed by atoms with van der Waals surface area (Å²) in [5.74, 6) is 0.571. The van der Waals surface area contributed by atoms with Crippen LogP contribution >= 0.6 is 0 Å². The van der Waals surface area contributed by atoms with E-state index in [4.69, 9.17) is 4.74 Å². The van der Waals surface area contributed by atoms with E-state index in [1.165, 1.54) is 0 Å². The second-order valence-corrected chi connectivity index (χ2v) is 6.52.